The molecular weight excluding hydrogens is 286 g/mol. The molecule has 7 heteroatoms. The van der Waals surface area contributed by atoms with Crippen LogP contribution in [0.4, 0.5) is 0 Å². The van der Waals surface area contributed by atoms with Gasteiger partial charge in [-0.15, -0.1) is 0 Å². The average molecular weight is 309 g/mol. The fourth-order valence-corrected chi connectivity index (χ4v) is 2.58. The Hall–Kier alpha value is -1.86. The topological polar surface area (TPSA) is 86.0 Å². The maximum atomic E-state index is 11.7. The SMILES string of the molecule is CN1CCN(Cc2cc(=O)c(O)cn2CCCC(=O)O)CC1. The van der Waals surface area contributed by atoms with Crippen LogP contribution in [0.1, 0.15) is 18.5 Å². The molecule has 0 atom stereocenters. The third kappa shape index (κ3) is 4.57. The number of aliphatic carboxylic acids is 1. The van der Waals surface area contributed by atoms with Crippen molar-refractivity contribution in [3.8, 4) is 5.75 Å². The maximum Gasteiger partial charge on any atom is 0.303 e. The van der Waals surface area contributed by atoms with Crippen molar-refractivity contribution in [3.63, 3.8) is 0 Å². The Balaban J connectivity index is 2.08. The van der Waals surface area contributed by atoms with Crippen molar-refractivity contribution in [2.24, 2.45) is 0 Å². The molecular formula is C15H23N3O4. The molecule has 0 radical (unpaired) electrons. The molecule has 0 spiro atoms. The number of carbonyl (C=O) groups is 1. The van der Waals surface area contributed by atoms with Crippen LogP contribution in [0.2, 0.25) is 0 Å². The summed E-state index contributed by atoms with van der Waals surface area (Å²) in [5.41, 5.74) is 0.427. The average Bonchev–Trinajstić information content (AvgIpc) is 2.46. The van der Waals surface area contributed by atoms with Gasteiger partial charge in [-0.05, 0) is 13.5 Å². The normalized spacial score (nSPS) is 16.8. The number of carboxylic acid groups (broad SMARTS) is 1. The third-order valence-electron chi connectivity index (χ3n) is 3.97. The molecule has 2 heterocycles. The van der Waals surface area contributed by atoms with Crippen LogP contribution in [-0.2, 0) is 17.9 Å². The van der Waals surface area contributed by atoms with Crippen molar-refractivity contribution in [2.75, 3.05) is 33.2 Å². The number of aromatic nitrogens is 1. The molecule has 1 aliphatic heterocycles. The van der Waals surface area contributed by atoms with Crippen molar-refractivity contribution in [1.82, 2.24) is 14.4 Å². The van der Waals surface area contributed by atoms with Gasteiger partial charge in [0.1, 0.15) is 0 Å². The Bertz CT molecular complexity index is 577. The van der Waals surface area contributed by atoms with Gasteiger partial charge in [-0.2, -0.15) is 0 Å². The van der Waals surface area contributed by atoms with Crippen molar-refractivity contribution in [1.29, 1.82) is 0 Å². The highest BCUT2D eigenvalue weighted by atomic mass is 16.4. The Morgan fingerprint density at radius 3 is 2.59 bits per heavy atom. The van der Waals surface area contributed by atoms with E-state index in [0.29, 0.717) is 19.5 Å². The van der Waals surface area contributed by atoms with Crippen molar-refractivity contribution in [2.45, 2.75) is 25.9 Å². The smallest absolute Gasteiger partial charge is 0.303 e. The number of carboxylic acids is 1. The van der Waals surface area contributed by atoms with E-state index in [1.54, 1.807) is 4.57 Å². The Kier molecular flexibility index (Phi) is 5.57. The zero-order valence-corrected chi connectivity index (χ0v) is 12.9. The summed E-state index contributed by atoms with van der Waals surface area (Å²) in [6.07, 6.45) is 1.95. The first kappa shape index (κ1) is 16.5. The van der Waals surface area contributed by atoms with E-state index in [0.717, 1.165) is 31.9 Å². The first-order valence-electron chi connectivity index (χ1n) is 7.50. The minimum atomic E-state index is -0.842. The molecule has 7 nitrogen and oxygen atoms in total. The summed E-state index contributed by atoms with van der Waals surface area (Å²) in [7, 11) is 2.08. The predicted molar refractivity (Wildman–Crippen MR) is 82.0 cm³/mol. The number of piperazine rings is 1. The van der Waals surface area contributed by atoms with Crippen LogP contribution < -0.4 is 5.43 Å². The lowest BCUT2D eigenvalue weighted by atomic mass is 10.2. The number of rotatable bonds is 6. The number of aryl methyl sites for hydroxylation is 1. The van der Waals surface area contributed by atoms with Gasteiger partial charge < -0.3 is 19.7 Å². The zero-order valence-electron chi connectivity index (χ0n) is 12.9. The molecule has 0 unspecified atom stereocenters. The van der Waals surface area contributed by atoms with Gasteiger partial charge in [-0.3, -0.25) is 14.5 Å². The lowest BCUT2D eigenvalue weighted by Gasteiger charge is -2.32. The van der Waals surface area contributed by atoms with E-state index >= 15 is 0 Å². The summed E-state index contributed by atoms with van der Waals surface area (Å²) < 4.78 is 1.79. The van der Waals surface area contributed by atoms with E-state index < -0.39 is 11.4 Å². The van der Waals surface area contributed by atoms with Crippen LogP contribution in [0.5, 0.6) is 5.75 Å². The molecule has 0 bridgehead atoms. The van der Waals surface area contributed by atoms with E-state index in [-0.39, 0.29) is 12.2 Å². The van der Waals surface area contributed by atoms with Gasteiger partial charge in [0.15, 0.2) is 5.75 Å². The van der Waals surface area contributed by atoms with Gasteiger partial charge >= 0.3 is 5.97 Å². The molecule has 0 amide bonds. The number of aromatic hydroxyl groups is 1. The molecule has 2 rings (SSSR count). The van der Waals surface area contributed by atoms with Gasteiger partial charge in [0.2, 0.25) is 5.43 Å². The monoisotopic (exact) mass is 309 g/mol. The Morgan fingerprint density at radius 1 is 1.27 bits per heavy atom. The second-order valence-electron chi connectivity index (χ2n) is 5.78. The standard InChI is InChI=1S/C15H23N3O4/c1-16-5-7-17(8-6-16)10-12-9-13(19)14(20)11-18(12)4-2-3-15(21)22/h9,11,20H,2-8,10H2,1H3,(H,21,22). The number of pyridine rings is 1. The van der Waals surface area contributed by atoms with Gasteiger partial charge in [-0.1, -0.05) is 0 Å². The lowest BCUT2D eigenvalue weighted by Crippen LogP contribution is -2.44. The Morgan fingerprint density at radius 2 is 1.95 bits per heavy atom. The van der Waals surface area contributed by atoms with Crippen molar-refractivity contribution < 1.29 is 15.0 Å². The Labute approximate surface area is 129 Å². The first-order chi connectivity index (χ1) is 10.5. The fourth-order valence-electron chi connectivity index (χ4n) is 2.58. The minimum absolute atomic E-state index is 0.0703. The number of hydrogen-bond donors (Lipinski definition) is 2. The van der Waals surface area contributed by atoms with Gasteiger partial charge in [0.25, 0.3) is 0 Å². The van der Waals surface area contributed by atoms with E-state index in [4.69, 9.17) is 5.11 Å². The van der Waals surface area contributed by atoms with Crippen molar-refractivity contribution >= 4 is 5.97 Å². The minimum Gasteiger partial charge on any atom is -0.503 e. The van der Waals surface area contributed by atoms with E-state index in [2.05, 4.69) is 16.8 Å². The molecule has 1 aromatic heterocycles. The van der Waals surface area contributed by atoms with Crippen LogP contribution >= 0.6 is 0 Å². The van der Waals surface area contributed by atoms with Crippen LogP contribution in [0.25, 0.3) is 0 Å². The summed E-state index contributed by atoms with van der Waals surface area (Å²) in [4.78, 5) is 26.8. The highest BCUT2D eigenvalue weighted by molar-refractivity contribution is 5.66. The summed E-state index contributed by atoms with van der Waals surface area (Å²) in [6, 6.07) is 1.45. The summed E-state index contributed by atoms with van der Waals surface area (Å²) >= 11 is 0. The molecule has 0 saturated carbocycles. The molecule has 1 aromatic rings. The van der Waals surface area contributed by atoms with Crippen LogP contribution in [0.3, 0.4) is 0 Å². The third-order valence-corrected chi connectivity index (χ3v) is 3.97. The highest BCUT2D eigenvalue weighted by Gasteiger charge is 2.16. The summed E-state index contributed by atoms with van der Waals surface area (Å²) in [5, 5.41) is 18.3. The molecule has 1 fully saturated rings. The molecule has 1 saturated heterocycles. The van der Waals surface area contributed by atoms with E-state index in [1.807, 2.05) is 0 Å². The molecule has 0 aromatic carbocycles. The van der Waals surface area contributed by atoms with Crippen LogP contribution in [-0.4, -0.2) is 63.8 Å². The van der Waals surface area contributed by atoms with Gasteiger partial charge in [0.05, 0.1) is 6.20 Å². The van der Waals surface area contributed by atoms with Crippen LogP contribution in [0, 0.1) is 0 Å². The zero-order chi connectivity index (χ0) is 16.1. The quantitative estimate of drug-likeness (QED) is 0.779. The lowest BCUT2D eigenvalue weighted by molar-refractivity contribution is -0.137. The molecule has 2 N–H and O–H groups in total. The van der Waals surface area contributed by atoms with Crippen molar-refractivity contribution in [3.05, 3.63) is 28.2 Å². The summed E-state index contributed by atoms with van der Waals surface area (Å²) in [5.74, 6) is -1.14. The van der Waals surface area contributed by atoms with E-state index in [9.17, 15) is 14.7 Å². The van der Waals surface area contributed by atoms with Gasteiger partial charge in [0, 0.05) is 57.4 Å². The highest BCUT2D eigenvalue weighted by Crippen LogP contribution is 2.11. The molecule has 22 heavy (non-hydrogen) atoms. The molecule has 1 aliphatic rings. The fraction of sp³-hybridized carbons (Fsp3) is 0.600. The van der Waals surface area contributed by atoms with Crippen LogP contribution in [0.15, 0.2) is 17.1 Å². The second kappa shape index (κ2) is 7.42. The maximum absolute atomic E-state index is 11.7. The van der Waals surface area contributed by atoms with E-state index in [1.165, 1.54) is 12.3 Å². The number of hydrogen-bond acceptors (Lipinski definition) is 5. The largest absolute Gasteiger partial charge is 0.503 e. The number of nitrogens with zero attached hydrogens (tertiary/aromatic N) is 3. The second-order valence-corrected chi connectivity index (χ2v) is 5.78. The molecule has 122 valence electrons. The summed E-state index contributed by atoms with van der Waals surface area (Å²) in [6.45, 7) is 4.95. The number of likely N-dealkylation sites (N-methyl/N-ethyl adjacent to an activating group) is 1. The van der Waals surface area contributed by atoms with Gasteiger partial charge in [-0.25, -0.2) is 0 Å². The predicted octanol–water partition coefficient (Wildman–Crippen LogP) is 0.166. The first-order valence-corrected chi connectivity index (χ1v) is 7.50. The molecule has 0 aliphatic carbocycles.